The minimum Gasteiger partial charge on any atom is -0.493 e. The molecule has 1 aliphatic rings. The first-order chi connectivity index (χ1) is 9.98. The van der Waals surface area contributed by atoms with Crippen LogP contribution in [0.4, 0.5) is 0 Å². The maximum Gasteiger partial charge on any atom is 0.257 e. The number of carbonyl (C=O) groups excluding carboxylic acids is 1. The summed E-state index contributed by atoms with van der Waals surface area (Å²) >= 11 is 0. The van der Waals surface area contributed by atoms with E-state index in [1.165, 1.54) is 7.11 Å². The molecule has 0 aliphatic carbocycles. The Labute approximate surface area is 125 Å². The number of hydrogen-bond donors (Lipinski definition) is 1. The number of carbonyl (C=O) groups is 1. The third-order valence-corrected chi connectivity index (χ3v) is 3.98. The molecule has 1 saturated heterocycles. The van der Waals surface area contributed by atoms with E-state index in [1.807, 2.05) is 6.92 Å². The van der Waals surface area contributed by atoms with Gasteiger partial charge in [-0.15, -0.1) is 0 Å². The van der Waals surface area contributed by atoms with Crippen molar-refractivity contribution in [3.8, 4) is 11.5 Å². The summed E-state index contributed by atoms with van der Waals surface area (Å²) in [4.78, 5) is 14.5. The van der Waals surface area contributed by atoms with Crippen molar-refractivity contribution in [2.75, 3.05) is 27.3 Å². The van der Waals surface area contributed by atoms with Gasteiger partial charge >= 0.3 is 0 Å². The number of methoxy groups -OCH3 is 2. The molecule has 1 aromatic carbocycles. The third kappa shape index (κ3) is 3.47. The Morgan fingerprint density at radius 3 is 2.67 bits per heavy atom. The van der Waals surface area contributed by atoms with E-state index < -0.39 is 5.60 Å². The number of rotatable bonds is 3. The number of para-hydroxylation sites is 1. The number of aliphatic hydroxyl groups is 1. The summed E-state index contributed by atoms with van der Waals surface area (Å²) in [5.41, 5.74) is -0.188. The smallest absolute Gasteiger partial charge is 0.257 e. The standard InChI is InChI=1S/C16H23NO4/c1-16(19)8-5-10-17(11-9-16)15(18)12-6-4-7-13(20-2)14(12)21-3/h4,6-7,19H,5,8-11H2,1-3H3. The first-order valence-corrected chi connectivity index (χ1v) is 7.21. The Morgan fingerprint density at radius 2 is 2.00 bits per heavy atom. The van der Waals surface area contributed by atoms with Crippen LogP contribution in [0.5, 0.6) is 11.5 Å². The van der Waals surface area contributed by atoms with E-state index in [0.29, 0.717) is 43.0 Å². The van der Waals surface area contributed by atoms with E-state index in [-0.39, 0.29) is 5.91 Å². The van der Waals surface area contributed by atoms with Gasteiger partial charge in [0.1, 0.15) is 0 Å². The zero-order chi connectivity index (χ0) is 15.5. The van der Waals surface area contributed by atoms with E-state index in [0.717, 1.165) is 6.42 Å². The van der Waals surface area contributed by atoms with Crippen molar-refractivity contribution >= 4 is 5.91 Å². The quantitative estimate of drug-likeness (QED) is 0.927. The molecule has 116 valence electrons. The molecular formula is C16H23NO4. The molecule has 5 heteroatoms. The van der Waals surface area contributed by atoms with Gasteiger partial charge < -0.3 is 19.5 Å². The van der Waals surface area contributed by atoms with Crippen LogP contribution in [0.25, 0.3) is 0 Å². The summed E-state index contributed by atoms with van der Waals surface area (Å²) in [7, 11) is 3.08. The Morgan fingerprint density at radius 1 is 1.24 bits per heavy atom. The van der Waals surface area contributed by atoms with Gasteiger partial charge in [0.05, 0.1) is 25.4 Å². The van der Waals surface area contributed by atoms with Crippen LogP contribution in [-0.2, 0) is 0 Å². The summed E-state index contributed by atoms with van der Waals surface area (Å²) in [6.45, 7) is 3.02. The minimum absolute atomic E-state index is 0.0801. The highest BCUT2D eigenvalue weighted by Gasteiger charge is 2.29. The van der Waals surface area contributed by atoms with Gasteiger partial charge in [-0.05, 0) is 38.3 Å². The molecule has 1 unspecified atom stereocenters. The minimum atomic E-state index is -0.687. The van der Waals surface area contributed by atoms with Crippen LogP contribution in [0.2, 0.25) is 0 Å². The lowest BCUT2D eigenvalue weighted by Crippen LogP contribution is -2.33. The molecule has 0 radical (unpaired) electrons. The Bertz CT molecular complexity index is 513. The molecule has 0 saturated carbocycles. The molecule has 0 spiro atoms. The van der Waals surface area contributed by atoms with Crippen LogP contribution >= 0.6 is 0 Å². The van der Waals surface area contributed by atoms with Gasteiger partial charge in [0.2, 0.25) is 0 Å². The fourth-order valence-corrected chi connectivity index (χ4v) is 2.69. The molecule has 0 aromatic heterocycles. The van der Waals surface area contributed by atoms with E-state index in [2.05, 4.69) is 0 Å². The van der Waals surface area contributed by atoms with Crippen LogP contribution in [0, 0.1) is 0 Å². The average molecular weight is 293 g/mol. The highest BCUT2D eigenvalue weighted by atomic mass is 16.5. The number of likely N-dealkylation sites (tertiary alicyclic amines) is 1. The van der Waals surface area contributed by atoms with E-state index in [9.17, 15) is 9.90 Å². The SMILES string of the molecule is COc1cccc(C(=O)N2CCCC(C)(O)CC2)c1OC. The summed E-state index contributed by atoms with van der Waals surface area (Å²) in [6, 6.07) is 5.29. The lowest BCUT2D eigenvalue weighted by Gasteiger charge is -2.23. The zero-order valence-electron chi connectivity index (χ0n) is 12.9. The Balaban J connectivity index is 2.24. The topological polar surface area (TPSA) is 59.0 Å². The van der Waals surface area contributed by atoms with E-state index in [1.54, 1.807) is 30.2 Å². The molecule has 1 heterocycles. The zero-order valence-corrected chi connectivity index (χ0v) is 12.9. The number of nitrogens with zero attached hydrogens (tertiary/aromatic N) is 1. The van der Waals surface area contributed by atoms with Gasteiger partial charge in [-0.1, -0.05) is 6.07 Å². The average Bonchev–Trinajstić information content (AvgIpc) is 2.66. The number of benzene rings is 1. The molecule has 21 heavy (non-hydrogen) atoms. The van der Waals surface area contributed by atoms with Crippen LogP contribution < -0.4 is 9.47 Å². The second kappa shape index (κ2) is 6.35. The highest BCUT2D eigenvalue weighted by Crippen LogP contribution is 2.32. The predicted octanol–water partition coefficient (Wildman–Crippen LogP) is 2.08. The van der Waals surface area contributed by atoms with Crippen molar-refractivity contribution in [2.45, 2.75) is 31.8 Å². The predicted molar refractivity (Wildman–Crippen MR) is 79.9 cm³/mol. The van der Waals surface area contributed by atoms with Crippen LogP contribution in [0.15, 0.2) is 18.2 Å². The van der Waals surface area contributed by atoms with Crippen molar-refractivity contribution in [1.82, 2.24) is 4.90 Å². The van der Waals surface area contributed by atoms with Gasteiger partial charge in [-0.25, -0.2) is 0 Å². The molecule has 1 N–H and O–H groups in total. The molecule has 0 bridgehead atoms. The second-order valence-corrected chi connectivity index (χ2v) is 5.68. The summed E-state index contributed by atoms with van der Waals surface area (Å²) in [5.74, 6) is 0.926. The number of hydrogen-bond acceptors (Lipinski definition) is 4. The maximum atomic E-state index is 12.7. The molecule has 1 amide bonds. The maximum absolute atomic E-state index is 12.7. The first-order valence-electron chi connectivity index (χ1n) is 7.21. The van der Waals surface area contributed by atoms with Gasteiger partial charge in [0.25, 0.3) is 5.91 Å². The largest absolute Gasteiger partial charge is 0.493 e. The van der Waals surface area contributed by atoms with Crippen molar-refractivity contribution in [2.24, 2.45) is 0 Å². The Kier molecular flexibility index (Phi) is 4.73. The lowest BCUT2D eigenvalue weighted by molar-refractivity contribution is 0.0437. The first kappa shape index (κ1) is 15.6. The third-order valence-electron chi connectivity index (χ3n) is 3.98. The van der Waals surface area contributed by atoms with Gasteiger partial charge in [-0.2, -0.15) is 0 Å². The fraction of sp³-hybridized carbons (Fsp3) is 0.562. The summed E-state index contributed by atoms with van der Waals surface area (Å²) in [6.07, 6.45) is 2.10. The number of ether oxygens (including phenoxy) is 2. The van der Waals surface area contributed by atoms with Gasteiger partial charge in [0.15, 0.2) is 11.5 Å². The van der Waals surface area contributed by atoms with Crippen LogP contribution in [0.1, 0.15) is 36.5 Å². The highest BCUT2D eigenvalue weighted by molar-refractivity contribution is 5.97. The second-order valence-electron chi connectivity index (χ2n) is 5.68. The van der Waals surface area contributed by atoms with Gasteiger partial charge in [0, 0.05) is 13.1 Å². The number of amides is 1. The van der Waals surface area contributed by atoms with Crippen molar-refractivity contribution in [3.05, 3.63) is 23.8 Å². The molecule has 1 aromatic rings. The molecule has 1 aliphatic heterocycles. The lowest BCUT2D eigenvalue weighted by atomic mass is 9.98. The van der Waals surface area contributed by atoms with Crippen molar-refractivity contribution in [1.29, 1.82) is 0 Å². The summed E-state index contributed by atoms with van der Waals surface area (Å²) in [5, 5.41) is 10.1. The molecule has 5 nitrogen and oxygen atoms in total. The fourth-order valence-electron chi connectivity index (χ4n) is 2.69. The normalized spacial score (nSPS) is 22.6. The van der Waals surface area contributed by atoms with E-state index in [4.69, 9.17) is 9.47 Å². The van der Waals surface area contributed by atoms with E-state index >= 15 is 0 Å². The molecule has 1 fully saturated rings. The summed E-state index contributed by atoms with van der Waals surface area (Å²) < 4.78 is 10.6. The molecular weight excluding hydrogens is 270 g/mol. The van der Waals surface area contributed by atoms with Crippen molar-refractivity contribution in [3.63, 3.8) is 0 Å². The molecule has 2 rings (SSSR count). The van der Waals surface area contributed by atoms with Crippen molar-refractivity contribution < 1.29 is 19.4 Å². The Hall–Kier alpha value is -1.75. The monoisotopic (exact) mass is 293 g/mol. The van der Waals surface area contributed by atoms with Gasteiger partial charge in [-0.3, -0.25) is 4.79 Å². The van der Waals surface area contributed by atoms with Crippen LogP contribution in [0.3, 0.4) is 0 Å². The molecule has 1 atom stereocenters. The van der Waals surface area contributed by atoms with Crippen LogP contribution in [-0.4, -0.2) is 48.8 Å².